The van der Waals surface area contributed by atoms with Crippen LogP contribution in [-0.2, 0) is 0 Å². The Morgan fingerprint density at radius 3 is 2.83 bits per heavy atom. The van der Waals surface area contributed by atoms with Gasteiger partial charge in [0.1, 0.15) is 11.6 Å². The first-order valence-electron chi connectivity index (χ1n) is 7.85. The molecule has 0 aliphatic carbocycles. The Bertz CT molecular complexity index is 704. The molecule has 0 aliphatic rings. The largest absolute Gasteiger partial charge is 0.369 e. The van der Waals surface area contributed by atoms with Crippen LogP contribution in [0.3, 0.4) is 0 Å². The fraction of sp³-hybridized carbons (Fsp3) is 0.333. The van der Waals surface area contributed by atoms with E-state index in [2.05, 4.69) is 46.3 Å². The van der Waals surface area contributed by atoms with Gasteiger partial charge in [0.05, 0.1) is 11.8 Å². The van der Waals surface area contributed by atoms with Crippen LogP contribution in [-0.4, -0.2) is 16.5 Å². The van der Waals surface area contributed by atoms with E-state index in [0.717, 1.165) is 31.4 Å². The summed E-state index contributed by atoms with van der Waals surface area (Å²) in [7, 11) is 0. The number of nitrogens with one attached hydrogen (secondary N) is 2. The Balaban J connectivity index is 2.23. The Labute approximate surface area is 136 Å². The summed E-state index contributed by atoms with van der Waals surface area (Å²) in [6.45, 7) is 4.98. The molecular weight excluding hydrogens is 291 g/mol. The Morgan fingerprint density at radius 2 is 2.09 bits per heavy atom. The van der Waals surface area contributed by atoms with E-state index < -0.39 is 0 Å². The number of hydrogen-bond acceptors (Lipinski definition) is 4. The van der Waals surface area contributed by atoms with E-state index in [1.807, 2.05) is 0 Å². The van der Waals surface area contributed by atoms with Crippen molar-refractivity contribution in [2.24, 2.45) is 0 Å². The molecule has 0 saturated carbocycles. The summed E-state index contributed by atoms with van der Waals surface area (Å²) in [5.41, 5.74) is 1.38. The second-order valence-corrected chi connectivity index (χ2v) is 5.07. The van der Waals surface area contributed by atoms with Crippen molar-refractivity contribution in [1.82, 2.24) is 9.97 Å². The summed E-state index contributed by atoms with van der Waals surface area (Å²) < 4.78 is 13.2. The third-order valence-electron chi connectivity index (χ3n) is 3.01. The van der Waals surface area contributed by atoms with E-state index in [1.54, 1.807) is 18.3 Å². The topological polar surface area (TPSA) is 49.8 Å². The number of benzene rings is 1. The standard InChI is InChI=1S/C18H21FN4/c1-3-5-6-8-14-13-21-18(23-17(14)20-11-4-2)22-16-10-7-9-15(19)12-16/h7,9-10,12-13H,3-5,11H2,1-2H3,(H2,20,21,22,23). The molecule has 0 unspecified atom stereocenters. The maximum atomic E-state index is 13.2. The van der Waals surface area contributed by atoms with E-state index in [4.69, 9.17) is 0 Å². The van der Waals surface area contributed by atoms with Crippen molar-refractivity contribution >= 4 is 17.5 Å². The third kappa shape index (κ3) is 5.26. The van der Waals surface area contributed by atoms with Crippen LogP contribution in [0.1, 0.15) is 38.7 Å². The minimum Gasteiger partial charge on any atom is -0.369 e. The molecule has 0 saturated heterocycles. The predicted molar refractivity (Wildman–Crippen MR) is 92.3 cm³/mol. The molecule has 2 rings (SSSR count). The molecule has 2 aromatic rings. The molecule has 120 valence electrons. The van der Waals surface area contributed by atoms with Crippen molar-refractivity contribution in [1.29, 1.82) is 0 Å². The van der Waals surface area contributed by atoms with Gasteiger partial charge < -0.3 is 10.6 Å². The second kappa shape index (κ2) is 8.74. The minimum absolute atomic E-state index is 0.304. The van der Waals surface area contributed by atoms with Crippen LogP contribution in [0.25, 0.3) is 0 Å². The van der Waals surface area contributed by atoms with Crippen LogP contribution in [0.5, 0.6) is 0 Å². The predicted octanol–water partition coefficient (Wildman–Crippen LogP) is 4.33. The van der Waals surface area contributed by atoms with Gasteiger partial charge in [-0.3, -0.25) is 0 Å². The Hall–Kier alpha value is -2.61. The molecule has 0 fully saturated rings. The molecule has 0 atom stereocenters. The zero-order valence-corrected chi connectivity index (χ0v) is 13.5. The van der Waals surface area contributed by atoms with E-state index in [0.29, 0.717) is 17.5 Å². The van der Waals surface area contributed by atoms with Gasteiger partial charge in [-0.15, -0.1) is 0 Å². The van der Waals surface area contributed by atoms with Crippen LogP contribution in [0.2, 0.25) is 0 Å². The first-order chi connectivity index (χ1) is 11.2. The number of rotatable bonds is 6. The van der Waals surface area contributed by atoms with Gasteiger partial charge in [0.25, 0.3) is 0 Å². The summed E-state index contributed by atoms with van der Waals surface area (Å²) in [4.78, 5) is 8.72. The second-order valence-electron chi connectivity index (χ2n) is 5.07. The summed E-state index contributed by atoms with van der Waals surface area (Å²) in [6, 6.07) is 6.20. The zero-order valence-electron chi connectivity index (χ0n) is 13.5. The molecule has 0 radical (unpaired) electrons. The molecule has 5 heteroatoms. The van der Waals surface area contributed by atoms with Crippen molar-refractivity contribution in [2.45, 2.75) is 33.1 Å². The van der Waals surface area contributed by atoms with E-state index in [9.17, 15) is 4.39 Å². The molecule has 0 amide bonds. The number of hydrogen-bond donors (Lipinski definition) is 2. The van der Waals surface area contributed by atoms with Gasteiger partial charge >= 0.3 is 0 Å². The fourth-order valence-corrected chi connectivity index (χ4v) is 1.89. The van der Waals surface area contributed by atoms with Crippen LogP contribution < -0.4 is 10.6 Å². The number of aromatic nitrogens is 2. The number of unbranched alkanes of at least 4 members (excludes halogenated alkanes) is 1. The van der Waals surface area contributed by atoms with Crippen LogP contribution >= 0.6 is 0 Å². The fourth-order valence-electron chi connectivity index (χ4n) is 1.89. The lowest BCUT2D eigenvalue weighted by Gasteiger charge is -2.10. The number of nitrogens with zero attached hydrogens (tertiary/aromatic N) is 2. The molecule has 1 aromatic heterocycles. The van der Waals surface area contributed by atoms with E-state index in [1.165, 1.54) is 12.1 Å². The van der Waals surface area contributed by atoms with Crippen molar-refractivity contribution < 1.29 is 4.39 Å². The monoisotopic (exact) mass is 312 g/mol. The van der Waals surface area contributed by atoms with Gasteiger partial charge in [0, 0.05) is 18.7 Å². The Morgan fingerprint density at radius 1 is 1.22 bits per heavy atom. The smallest absolute Gasteiger partial charge is 0.229 e. The van der Waals surface area contributed by atoms with Crippen molar-refractivity contribution in [3.8, 4) is 11.8 Å². The van der Waals surface area contributed by atoms with Crippen molar-refractivity contribution in [2.75, 3.05) is 17.2 Å². The van der Waals surface area contributed by atoms with Gasteiger partial charge in [-0.25, -0.2) is 9.37 Å². The average molecular weight is 312 g/mol. The maximum absolute atomic E-state index is 13.2. The molecule has 23 heavy (non-hydrogen) atoms. The molecule has 0 aliphatic heterocycles. The van der Waals surface area contributed by atoms with Gasteiger partial charge in [-0.05, 0) is 31.0 Å². The minimum atomic E-state index is -0.304. The highest BCUT2D eigenvalue weighted by Gasteiger charge is 2.06. The third-order valence-corrected chi connectivity index (χ3v) is 3.01. The van der Waals surface area contributed by atoms with Crippen molar-refractivity contribution in [3.05, 3.63) is 41.8 Å². The van der Waals surface area contributed by atoms with Crippen LogP contribution in [0.4, 0.5) is 21.8 Å². The maximum Gasteiger partial charge on any atom is 0.229 e. The highest BCUT2D eigenvalue weighted by atomic mass is 19.1. The summed E-state index contributed by atoms with van der Waals surface area (Å²) in [5.74, 6) is 7.01. The summed E-state index contributed by atoms with van der Waals surface area (Å²) in [5, 5.41) is 6.27. The average Bonchev–Trinajstić information content (AvgIpc) is 2.55. The van der Waals surface area contributed by atoms with E-state index >= 15 is 0 Å². The van der Waals surface area contributed by atoms with Gasteiger partial charge in [0.2, 0.25) is 5.95 Å². The van der Waals surface area contributed by atoms with Crippen molar-refractivity contribution in [3.63, 3.8) is 0 Å². The quantitative estimate of drug-likeness (QED) is 0.779. The number of halogens is 1. The van der Waals surface area contributed by atoms with E-state index in [-0.39, 0.29) is 5.82 Å². The van der Waals surface area contributed by atoms with Gasteiger partial charge in [-0.1, -0.05) is 31.8 Å². The molecule has 0 bridgehead atoms. The molecule has 0 spiro atoms. The lowest BCUT2D eigenvalue weighted by molar-refractivity contribution is 0.628. The van der Waals surface area contributed by atoms with Gasteiger partial charge in [0.15, 0.2) is 0 Å². The molecule has 1 aromatic carbocycles. The first-order valence-corrected chi connectivity index (χ1v) is 7.85. The summed E-state index contributed by atoms with van der Waals surface area (Å²) >= 11 is 0. The lowest BCUT2D eigenvalue weighted by atomic mass is 10.2. The zero-order chi connectivity index (χ0) is 16.5. The molecular formula is C18H21FN4. The van der Waals surface area contributed by atoms with Crippen LogP contribution in [0.15, 0.2) is 30.5 Å². The lowest BCUT2D eigenvalue weighted by Crippen LogP contribution is -2.07. The molecule has 4 nitrogen and oxygen atoms in total. The van der Waals surface area contributed by atoms with Gasteiger partial charge in [-0.2, -0.15) is 4.98 Å². The van der Waals surface area contributed by atoms with Crippen LogP contribution in [0, 0.1) is 17.7 Å². The summed E-state index contributed by atoms with van der Waals surface area (Å²) in [6.07, 6.45) is 4.54. The normalized spacial score (nSPS) is 9.87. The number of anilines is 3. The SMILES string of the molecule is CCCC#Cc1cnc(Nc2cccc(F)c2)nc1NCCC. The molecule has 2 N–H and O–H groups in total. The Kier molecular flexibility index (Phi) is 6.37. The highest BCUT2D eigenvalue weighted by molar-refractivity contribution is 5.59. The first kappa shape index (κ1) is 16.8. The highest BCUT2D eigenvalue weighted by Crippen LogP contribution is 2.17. The molecule has 1 heterocycles.